The van der Waals surface area contributed by atoms with Gasteiger partial charge in [0, 0.05) is 31.0 Å². The lowest BCUT2D eigenvalue weighted by Gasteiger charge is -2.42. The molecule has 0 aromatic heterocycles. The van der Waals surface area contributed by atoms with Gasteiger partial charge >= 0.3 is 5.97 Å². The Kier molecular flexibility index (Phi) is 5.71. The molecular formula is C24H26INO3. The molecular weight excluding hydrogens is 477 g/mol. The Morgan fingerprint density at radius 3 is 2.59 bits per heavy atom. The molecule has 4 nitrogen and oxygen atoms in total. The molecule has 4 unspecified atom stereocenters. The molecule has 1 saturated heterocycles. The first-order valence-corrected chi connectivity index (χ1v) is 11.1. The average molecular weight is 503 g/mol. The molecule has 1 N–H and O–H groups in total. The van der Waals surface area contributed by atoms with Crippen LogP contribution in [0, 0.1) is 11.3 Å². The van der Waals surface area contributed by atoms with Gasteiger partial charge in [-0.25, -0.2) is 0 Å². The van der Waals surface area contributed by atoms with Crippen LogP contribution in [0.3, 0.4) is 0 Å². The summed E-state index contributed by atoms with van der Waals surface area (Å²) in [5.74, 6) is -0.0877. The predicted molar refractivity (Wildman–Crippen MR) is 122 cm³/mol. The van der Waals surface area contributed by atoms with E-state index in [9.17, 15) is 9.90 Å². The maximum atomic E-state index is 12.9. The molecule has 29 heavy (non-hydrogen) atoms. The molecule has 1 aliphatic heterocycles. The van der Waals surface area contributed by atoms with Gasteiger partial charge in [0.25, 0.3) is 0 Å². The number of nitrogens with zero attached hydrogens (tertiary/aromatic N) is 1. The monoisotopic (exact) mass is 503 g/mol. The second-order valence-electron chi connectivity index (χ2n) is 8.07. The van der Waals surface area contributed by atoms with Crippen molar-refractivity contribution in [2.75, 3.05) is 13.7 Å². The topological polar surface area (TPSA) is 49.8 Å². The zero-order valence-corrected chi connectivity index (χ0v) is 18.9. The number of ether oxygens (including phenoxy) is 1. The summed E-state index contributed by atoms with van der Waals surface area (Å²) in [4.78, 5) is 15.3. The lowest BCUT2D eigenvalue weighted by Crippen LogP contribution is -2.46. The number of likely N-dealkylation sites (tertiary alicyclic amines) is 1. The number of benzene rings is 2. The summed E-state index contributed by atoms with van der Waals surface area (Å²) >= 11 is 2.36. The van der Waals surface area contributed by atoms with Crippen molar-refractivity contribution in [2.24, 2.45) is 11.3 Å². The molecule has 0 bridgehead atoms. The molecule has 2 aromatic carbocycles. The van der Waals surface area contributed by atoms with E-state index in [4.69, 9.17) is 4.74 Å². The first kappa shape index (κ1) is 20.4. The van der Waals surface area contributed by atoms with Crippen molar-refractivity contribution < 1.29 is 14.6 Å². The van der Waals surface area contributed by atoms with Gasteiger partial charge in [-0.1, -0.05) is 54.6 Å². The van der Waals surface area contributed by atoms with Crippen LogP contribution in [0.25, 0.3) is 0 Å². The van der Waals surface area contributed by atoms with Crippen molar-refractivity contribution in [3.63, 3.8) is 0 Å². The van der Waals surface area contributed by atoms with E-state index < -0.39 is 11.4 Å². The second-order valence-corrected chi connectivity index (χ2v) is 9.32. The lowest BCUT2D eigenvalue weighted by atomic mass is 9.61. The van der Waals surface area contributed by atoms with E-state index in [0.29, 0.717) is 13.0 Å². The SMILES string of the molecule is COc1ccccc1C1CC=C(I)C2C(C)N(Cc3ccccc3)CC12C(=O)O. The van der Waals surface area contributed by atoms with Crippen LogP contribution >= 0.6 is 22.6 Å². The van der Waals surface area contributed by atoms with Crippen molar-refractivity contribution >= 4 is 28.6 Å². The van der Waals surface area contributed by atoms with Gasteiger partial charge in [-0.15, -0.1) is 0 Å². The van der Waals surface area contributed by atoms with Crippen LogP contribution in [-0.2, 0) is 11.3 Å². The Labute approximate surface area is 185 Å². The Morgan fingerprint density at radius 2 is 1.90 bits per heavy atom. The van der Waals surface area contributed by atoms with Gasteiger partial charge in [0.15, 0.2) is 0 Å². The molecule has 1 fully saturated rings. The van der Waals surface area contributed by atoms with Crippen LogP contribution in [0.5, 0.6) is 5.75 Å². The van der Waals surface area contributed by atoms with Crippen LogP contribution in [0.4, 0.5) is 0 Å². The number of carbonyl (C=O) groups is 1. The summed E-state index contributed by atoms with van der Waals surface area (Å²) in [5.41, 5.74) is 1.34. The number of hydrogen-bond acceptors (Lipinski definition) is 3. The number of hydrogen-bond donors (Lipinski definition) is 1. The minimum absolute atomic E-state index is 0.0343. The highest BCUT2D eigenvalue weighted by molar-refractivity contribution is 14.1. The van der Waals surface area contributed by atoms with Crippen LogP contribution in [0.15, 0.2) is 64.3 Å². The number of fused-ring (bicyclic) bond motifs is 1. The molecule has 0 saturated carbocycles. The minimum Gasteiger partial charge on any atom is -0.496 e. The Balaban J connectivity index is 1.79. The number of para-hydroxylation sites is 1. The highest BCUT2D eigenvalue weighted by Gasteiger charge is 2.62. The van der Waals surface area contributed by atoms with E-state index in [1.54, 1.807) is 7.11 Å². The summed E-state index contributed by atoms with van der Waals surface area (Å²) in [6.07, 6.45) is 2.94. The summed E-state index contributed by atoms with van der Waals surface area (Å²) < 4.78 is 6.78. The Morgan fingerprint density at radius 1 is 1.21 bits per heavy atom. The van der Waals surface area contributed by atoms with Crippen molar-refractivity contribution in [3.05, 3.63) is 75.4 Å². The molecule has 0 radical (unpaired) electrons. The molecule has 1 aliphatic carbocycles. The second kappa shape index (κ2) is 8.11. The third-order valence-electron chi connectivity index (χ3n) is 6.69. The molecule has 4 atom stereocenters. The summed E-state index contributed by atoms with van der Waals surface area (Å²) in [5, 5.41) is 10.6. The fourth-order valence-corrected chi connectivity index (χ4v) is 6.65. The first-order valence-electron chi connectivity index (χ1n) is 9.99. The van der Waals surface area contributed by atoms with E-state index in [1.807, 2.05) is 42.5 Å². The Bertz CT molecular complexity index is 929. The van der Waals surface area contributed by atoms with Crippen LogP contribution in [0.1, 0.15) is 30.4 Å². The van der Waals surface area contributed by atoms with Crippen molar-refractivity contribution in [3.8, 4) is 5.75 Å². The van der Waals surface area contributed by atoms with Crippen molar-refractivity contribution in [1.82, 2.24) is 4.90 Å². The number of allylic oxidation sites excluding steroid dienone is 1. The highest BCUT2D eigenvalue weighted by Crippen LogP contribution is 2.59. The van der Waals surface area contributed by atoms with E-state index in [0.717, 1.165) is 17.9 Å². The molecule has 0 spiro atoms. The minimum atomic E-state index is -0.867. The highest BCUT2D eigenvalue weighted by atomic mass is 127. The van der Waals surface area contributed by atoms with Crippen molar-refractivity contribution in [1.29, 1.82) is 0 Å². The van der Waals surface area contributed by atoms with Crippen molar-refractivity contribution in [2.45, 2.75) is 31.8 Å². The normalized spacial score (nSPS) is 29.2. The average Bonchev–Trinajstić information content (AvgIpc) is 3.03. The number of aliphatic carboxylic acids is 1. The van der Waals surface area contributed by atoms with Crippen LogP contribution < -0.4 is 4.74 Å². The predicted octanol–water partition coefficient (Wildman–Crippen LogP) is 5.09. The summed E-state index contributed by atoms with van der Waals surface area (Å²) in [6, 6.07) is 18.3. The molecule has 4 rings (SSSR count). The largest absolute Gasteiger partial charge is 0.496 e. The lowest BCUT2D eigenvalue weighted by molar-refractivity contribution is -0.152. The van der Waals surface area contributed by atoms with E-state index in [-0.39, 0.29) is 17.9 Å². The quantitative estimate of drug-likeness (QED) is 0.578. The fraction of sp³-hybridized carbons (Fsp3) is 0.375. The zero-order valence-electron chi connectivity index (χ0n) is 16.7. The summed E-state index contributed by atoms with van der Waals surface area (Å²) in [7, 11) is 1.66. The Hall–Kier alpha value is -1.86. The number of rotatable bonds is 5. The molecule has 5 heteroatoms. The number of halogens is 1. The molecule has 2 aliphatic rings. The summed E-state index contributed by atoms with van der Waals surface area (Å²) in [6.45, 7) is 3.47. The van der Waals surface area contributed by atoms with Gasteiger partial charge in [0.1, 0.15) is 5.75 Å². The third-order valence-corrected chi connectivity index (χ3v) is 7.80. The standard InChI is InChI=1S/C24H26INO3/c1-16-22-20(25)13-12-19(18-10-6-7-11-21(18)29-2)24(22,23(27)28)15-26(16)14-17-8-4-3-5-9-17/h3-11,13,16,19,22H,12,14-15H2,1-2H3,(H,27,28). The number of carboxylic acid groups (broad SMARTS) is 1. The van der Waals surface area contributed by atoms with Gasteiger partial charge < -0.3 is 9.84 Å². The van der Waals surface area contributed by atoms with E-state index in [1.165, 1.54) is 9.14 Å². The fourth-order valence-electron chi connectivity index (χ4n) is 5.32. The smallest absolute Gasteiger partial charge is 0.312 e. The third kappa shape index (κ3) is 3.38. The van der Waals surface area contributed by atoms with E-state index >= 15 is 0 Å². The molecule has 152 valence electrons. The molecule has 1 heterocycles. The van der Waals surface area contributed by atoms with Gasteiger partial charge in [-0.05, 0) is 56.7 Å². The zero-order chi connectivity index (χ0) is 20.6. The van der Waals surface area contributed by atoms with Gasteiger partial charge in [-0.2, -0.15) is 0 Å². The van der Waals surface area contributed by atoms with Crippen LogP contribution in [-0.4, -0.2) is 35.7 Å². The molecule has 2 aromatic rings. The van der Waals surface area contributed by atoms with Gasteiger partial charge in [0.2, 0.25) is 0 Å². The number of methoxy groups -OCH3 is 1. The first-order chi connectivity index (χ1) is 14.0. The van der Waals surface area contributed by atoms with E-state index in [2.05, 4.69) is 52.6 Å². The van der Waals surface area contributed by atoms with Crippen LogP contribution in [0.2, 0.25) is 0 Å². The maximum Gasteiger partial charge on any atom is 0.312 e. The number of carboxylic acids is 1. The van der Waals surface area contributed by atoms with Gasteiger partial charge in [0.05, 0.1) is 12.5 Å². The van der Waals surface area contributed by atoms with Gasteiger partial charge in [-0.3, -0.25) is 9.69 Å². The maximum absolute atomic E-state index is 12.9. The molecule has 0 amide bonds.